The minimum Gasteiger partial charge on any atom is -0.369 e. The molecule has 0 saturated carbocycles. The number of carbonyl (C=O) groups excluding carboxylic acids is 1. The molecule has 0 fully saturated rings. The molecule has 2 N–H and O–H groups in total. The molecular weight excluding hydrogens is 254 g/mol. The molecule has 1 aromatic carbocycles. The fourth-order valence-electron chi connectivity index (χ4n) is 2.02. The molecule has 0 bridgehead atoms. The molecule has 1 unspecified atom stereocenters. The second-order valence-corrected chi connectivity index (χ2v) is 4.48. The van der Waals surface area contributed by atoms with E-state index in [0.717, 1.165) is 6.07 Å². The van der Waals surface area contributed by atoms with E-state index in [2.05, 4.69) is 4.98 Å². The Kier molecular flexibility index (Phi) is 3.13. The highest BCUT2D eigenvalue weighted by Gasteiger charge is 2.24. The predicted molar refractivity (Wildman–Crippen MR) is 67.5 cm³/mol. The predicted octanol–water partition coefficient (Wildman–Crippen LogP) is 1.55. The molecule has 0 saturated heterocycles. The van der Waals surface area contributed by atoms with Gasteiger partial charge in [0, 0.05) is 14.1 Å². The van der Waals surface area contributed by atoms with Gasteiger partial charge in [-0.3, -0.25) is 9.36 Å². The van der Waals surface area contributed by atoms with E-state index in [1.54, 1.807) is 21.0 Å². The summed E-state index contributed by atoms with van der Waals surface area (Å²) in [6.07, 6.45) is 0. The van der Waals surface area contributed by atoms with Gasteiger partial charge < -0.3 is 10.6 Å². The summed E-state index contributed by atoms with van der Waals surface area (Å²) in [6, 6.07) is 1.54. The normalized spacial score (nSPS) is 12.7. The summed E-state index contributed by atoms with van der Waals surface area (Å²) in [5.74, 6) is -2.37. The highest BCUT2D eigenvalue weighted by Crippen LogP contribution is 2.27. The molecule has 2 aromatic rings. The van der Waals surface area contributed by atoms with Crippen LogP contribution in [0, 0.1) is 11.6 Å². The van der Waals surface area contributed by atoms with Gasteiger partial charge in [0.1, 0.15) is 11.6 Å². The highest BCUT2D eigenvalue weighted by molar-refractivity contribution is 5.85. The molecule has 0 aliphatic heterocycles. The van der Waals surface area contributed by atoms with Crippen molar-refractivity contribution in [2.45, 2.75) is 13.0 Å². The zero-order chi connectivity index (χ0) is 14.3. The van der Waals surface area contributed by atoms with Crippen molar-refractivity contribution in [1.29, 1.82) is 0 Å². The smallest absolute Gasteiger partial charge is 0.244 e. The topological polar surface area (TPSA) is 64.2 Å². The van der Waals surface area contributed by atoms with Crippen LogP contribution in [0.2, 0.25) is 0 Å². The van der Waals surface area contributed by atoms with Crippen LogP contribution in [-0.2, 0) is 4.79 Å². The number of imidazole rings is 1. The van der Waals surface area contributed by atoms with Crippen LogP contribution in [-0.4, -0.2) is 34.5 Å². The maximum atomic E-state index is 13.9. The van der Waals surface area contributed by atoms with Crippen molar-refractivity contribution >= 4 is 22.9 Å². The van der Waals surface area contributed by atoms with Crippen molar-refractivity contribution in [3.8, 4) is 0 Å². The van der Waals surface area contributed by atoms with Crippen LogP contribution in [0.25, 0.3) is 11.0 Å². The number of benzene rings is 1. The first kappa shape index (κ1) is 13.3. The molecule has 7 heteroatoms. The van der Waals surface area contributed by atoms with Crippen molar-refractivity contribution in [2.24, 2.45) is 0 Å². The lowest BCUT2D eigenvalue weighted by Crippen LogP contribution is -2.30. The summed E-state index contributed by atoms with van der Waals surface area (Å²) in [7, 11) is 3.15. The monoisotopic (exact) mass is 268 g/mol. The van der Waals surface area contributed by atoms with Gasteiger partial charge in [-0.2, -0.15) is 0 Å². The second kappa shape index (κ2) is 4.49. The number of nitrogens with zero attached hydrogens (tertiary/aromatic N) is 3. The Morgan fingerprint density at radius 1 is 1.42 bits per heavy atom. The Hall–Kier alpha value is -2.18. The average molecular weight is 268 g/mol. The maximum absolute atomic E-state index is 13.9. The zero-order valence-corrected chi connectivity index (χ0v) is 10.8. The van der Waals surface area contributed by atoms with Gasteiger partial charge in [0.15, 0.2) is 11.6 Å². The van der Waals surface area contributed by atoms with Crippen molar-refractivity contribution < 1.29 is 13.6 Å². The molecule has 102 valence electrons. The van der Waals surface area contributed by atoms with Crippen LogP contribution >= 0.6 is 0 Å². The van der Waals surface area contributed by atoms with Crippen LogP contribution in [0.5, 0.6) is 0 Å². The third-order valence-electron chi connectivity index (χ3n) is 2.96. The van der Waals surface area contributed by atoms with E-state index < -0.39 is 17.7 Å². The standard InChI is InChI=1S/C12H14F2N4O/c1-6(11(19)17(2)3)18-10-8(16-12(18)15)5-4-7(13)9(10)14/h4-6H,1-3H3,(H2,15,16). The van der Waals surface area contributed by atoms with E-state index in [9.17, 15) is 13.6 Å². The van der Waals surface area contributed by atoms with Crippen molar-refractivity contribution in [3.63, 3.8) is 0 Å². The number of halogens is 2. The molecule has 0 spiro atoms. The lowest BCUT2D eigenvalue weighted by molar-refractivity contribution is -0.131. The second-order valence-electron chi connectivity index (χ2n) is 4.48. The SMILES string of the molecule is CC(C(=O)N(C)C)n1c(N)nc2ccc(F)c(F)c21. The molecule has 1 amide bonds. The summed E-state index contributed by atoms with van der Waals surface area (Å²) >= 11 is 0. The highest BCUT2D eigenvalue weighted by atomic mass is 19.2. The number of nitrogen functional groups attached to an aromatic ring is 1. The van der Waals surface area contributed by atoms with Crippen molar-refractivity contribution in [1.82, 2.24) is 14.5 Å². The van der Waals surface area contributed by atoms with E-state index in [-0.39, 0.29) is 22.9 Å². The molecule has 1 heterocycles. The molecule has 19 heavy (non-hydrogen) atoms. The molecular formula is C12H14F2N4O. The van der Waals surface area contributed by atoms with Crippen molar-refractivity contribution in [2.75, 3.05) is 19.8 Å². The largest absolute Gasteiger partial charge is 0.369 e. The Bertz CT molecular complexity index is 651. The van der Waals surface area contributed by atoms with Gasteiger partial charge in [0.05, 0.1) is 5.52 Å². The Morgan fingerprint density at radius 3 is 2.63 bits per heavy atom. The first-order chi connectivity index (χ1) is 8.84. The van der Waals surface area contributed by atoms with Gasteiger partial charge in [0.25, 0.3) is 0 Å². The quantitative estimate of drug-likeness (QED) is 0.898. The van der Waals surface area contributed by atoms with Crippen LogP contribution in [0.15, 0.2) is 12.1 Å². The summed E-state index contributed by atoms with van der Waals surface area (Å²) in [5.41, 5.74) is 5.82. The van der Waals surface area contributed by atoms with Crippen molar-refractivity contribution in [3.05, 3.63) is 23.8 Å². The number of carbonyl (C=O) groups is 1. The van der Waals surface area contributed by atoms with E-state index in [0.29, 0.717) is 0 Å². The van der Waals surface area contributed by atoms with E-state index in [1.165, 1.54) is 15.5 Å². The summed E-state index contributed by atoms with van der Waals surface area (Å²) in [4.78, 5) is 17.2. The molecule has 5 nitrogen and oxygen atoms in total. The number of aromatic nitrogens is 2. The average Bonchev–Trinajstić information content (AvgIpc) is 2.69. The van der Waals surface area contributed by atoms with Gasteiger partial charge in [-0.25, -0.2) is 13.8 Å². The van der Waals surface area contributed by atoms with Gasteiger partial charge >= 0.3 is 0 Å². The van der Waals surface area contributed by atoms with Gasteiger partial charge in [-0.1, -0.05) is 0 Å². The van der Waals surface area contributed by atoms with E-state index >= 15 is 0 Å². The third-order valence-corrected chi connectivity index (χ3v) is 2.96. The van der Waals surface area contributed by atoms with Gasteiger partial charge in [-0.15, -0.1) is 0 Å². The molecule has 1 atom stereocenters. The molecule has 2 rings (SSSR count). The Morgan fingerprint density at radius 2 is 2.05 bits per heavy atom. The number of rotatable bonds is 2. The number of fused-ring (bicyclic) bond motifs is 1. The van der Waals surface area contributed by atoms with Gasteiger partial charge in [0.2, 0.25) is 11.9 Å². The number of hydrogen-bond acceptors (Lipinski definition) is 3. The molecule has 1 aromatic heterocycles. The van der Waals surface area contributed by atoms with Crippen LogP contribution in [0.4, 0.5) is 14.7 Å². The first-order valence-electron chi connectivity index (χ1n) is 5.67. The summed E-state index contributed by atoms with van der Waals surface area (Å²) in [6.45, 7) is 1.56. The molecule has 0 radical (unpaired) electrons. The fourth-order valence-corrected chi connectivity index (χ4v) is 2.02. The lowest BCUT2D eigenvalue weighted by Gasteiger charge is -2.19. The van der Waals surface area contributed by atoms with Crippen LogP contribution < -0.4 is 5.73 Å². The van der Waals surface area contributed by atoms with E-state index in [4.69, 9.17) is 5.73 Å². The minimum atomic E-state index is -1.06. The number of nitrogens with two attached hydrogens (primary N) is 1. The van der Waals surface area contributed by atoms with E-state index in [1.807, 2.05) is 0 Å². The molecule has 0 aliphatic carbocycles. The minimum absolute atomic E-state index is 0.0257. The number of anilines is 1. The summed E-state index contributed by atoms with van der Waals surface area (Å²) in [5, 5.41) is 0. The number of likely N-dealkylation sites (N-methyl/N-ethyl adjacent to an activating group) is 1. The van der Waals surface area contributed by atoms with Crippen LogP contribution in [0.1, 0.15) is 13.0 Å². The number of amides is 1. The van der Waals surface area contributed by atoms with Gasteiger partial charge in [-0.05, 0) is 19.1 Å². The number of hydrogen-bond donors (Lipinski definition) is 1. The Labute approximate surface area is 108 Å². The summed E-state index contributed by atoms with van der Waals surface area (Å²) < 4.78 is 28.4. The first-order valence-corrected chi connectivity index (χ1v) is 5.67. The third kappa shape index (κ3) is 2.00. The Balaban J connectivity index is 2.69. The molecule has 0 aliphatic rings. The van der Waals surface area contributed by atoms with Crippen LogP contribution in [0.3, 0.4) is 0 Å². The fraction of sp³-hybridized carbons (Fsp3) is 0.333. The lowest BCUT2D eigenvalue weighted by atomic mass is 10.2. The maximum Gasteiger partial charge on any atom is 0.244 e. The zero-order valence-electron chi connectivity index (χ0n) is 10.8.